The molecule has 48 heavy (non-hydrogen) atoms. The standard InChI is InChI=1S/C43H44N4O/c1-26(2)29(6)33-14-17-40-39(23-33)38-16-15-36(25-41(38)46(40)42-20-28(5)18-19-44-42)48-37-22-34(27(3)4)21-35(24-37)47-31(8)43(30(7)45-47)32-12-10-9-11-13-32/h9-27,29H,1-8H3. The van der Waals surface area contributed by atoms with E-state index in [1.807, 2.05) is 18.3 Å². The highest BCUT2D eigenvalue weighted by atomic mass is 16.5. The fraction of sp³-hybridized carbons (Fsp3) is 0.256. The number of ether oxygens (including phenoxy) is 1. The van der Waals surface area contributed by atoms with Crippen molar-refractivity contribution >= 4 is 21.8 Å². The first kappa shape index (κ1) is 31.4. The Morgan fingerprint density at radius 3 is 2.19 bits per heavy atom. The summed E-state index contributed by atoms with van der Waals surface area (Å²) in [6, 6.07) is 34.5. The summed E-state index contributed by atoms with van der Waals surface area (Å²) in [6.45, 7) is 17.7. The molecule has 0 aliphatic heterocycles. The second-order valence-corrected chi connectivity index (χ2v) is 13.9. The molecule has 0 saturated heterocycles. The molecule has 0 spiro atoms. The van der Waals surface area contributed by atoms with Crippen LogP contribution in [0.3, 0.4) is 0 Å². The molecule has 0 amide bonds. The van der Waals surface area contributed by atoms with Crippen LogP contribution in [0.4, 0.5) is 0 Å². The zero-order valence-electron chi connectivity index (χ0n) is 29.2. The molecule has 1 atom stereocenters. The van der Waals surface area contributed by atoms with Gasteiger partial charge in [-0.3, -0.25) is 4.57 Å². The number of hydrogen-bond acceptors (Lipinski definition) is 3. The Kier molecular flexibility index (Phi) is 8.16. The highest BCUT2D eigenvalue weighted by Crippen LogP contribution is 2.38. The van der Waals surface area contributed by atoms with Crippen molar-refractivity contribution in [3.05, 3.63) is 131 Å². The van der Waals surface area contributed by atoms with Crippen LogP contribution in [0.1, 0.15) is 74.5 Å². The SMILES string of the molecule is Cc1ccnc(-n2c3ccc(C(C)C(C)C)cc3c3ccc(Oc4cc(C(C)C)cc(-n5nc(C)c(-c6ccccc6)c5C)c4)cc32)c1. The highest BCUT2D eigenvalue weighted by molar-refractivity contribution is 6.09. The number of fused-ring (bicyclic) bond motifs is 3. The summed E-state index contributed by atoms with van der Waals surface area (Å²) in [7, 11) is 0. The summed E-state index contributed by atoms with van der Waals surface area (Å²) in [5.41, 5.74) is 11.4. The molecule has 0 aliphatic carbocycles. The van der Waals surface area contributed by atoms with Gasteiger partial charge in [-0.25, -0.2) is 9.67 Å². The maximum Gasteiger partial charge on any atom is 0.137 e. The maximum absolute atomic E-state index is 6.73. The number of aromatic nitrogens is 4. The maximum atomic E-state index is 6.73. The van der Waals surface area contributed by atoms with E-state index in [1.54, 1.807) is 0 Å². The van der Waals surface area contributed by atoms with Crippen LogP contribution in [0.25, 0.3) is 44.4 Å². The van der Waals surface area contributed by atoms with Crippen molar-refractivity contribution < 1.29 is 4.74 Å². The van der Waals surface area contributed by atoms with Gasteiger partial charge in [0.25, 0.3) is 0 Å². The first-order chi connectivity index (χ1) is 23.1. The average molecular weight is 633 g/mol. The molecule has 3 heterocycles. The van der Waals surface area contributed by atoms with Crippen molar-refractivity contribution in [3.8, 4) is 34.1 Å². The molecule has 0 aliphatic rings. The molecular formula is C43H44N4O. The first-order valence-electron chi connectivity index (χ1n) is 17.0. The summed E-state index contributed by atoms with van der Waals surface area (Å²) in [5, 5.41) is 7.42. The van der Waals surface area contributed by atoms with Crippen molar-refractivity contribution in [1.82, 2.24) is 19.3 Å². The molecule has 3 aromatic heterocycles. The van der Waals surface area contributed by atoms with E-state index in [4.69, 9.17) is 14.8 Å². The van der Waals surface area contributed by atoms with Gasteiger partial charge in [0, 0.05) is 40.4 Å². The topological polar surface area (TPSA) is 44.9 Å². The number of rotatable bonds is 8. The van der Waals surface area contributed by atoms with Gasteiger partial charge in [0.1, 0.15) is 17.3 Å². The minimum Gasteiger partial charge on any atom is -0.457 e. The van der Waals surface area contributed by atoms with E-state index in [0.29, 0.717) is 17.8 Å². The molecule has 5 heteroatoms. The Bertz CT molecular complexity index is 2270. The monoisotopic (exact) mass is 632 g/mol. The van der Waals surface area contributed by atoms with Gasteiger partial charge in [-0.1, -0.05) is 71.0 Å². The lowest BCUT2D eigenvalue weighted by atomic mass is 9.89. The predicted octanol–water partition coefficient (Wildman–Crippen LogP) is 11.6. The Hall–Kier alpha value is -5.16. The molecule has 5 nitrogen and oxygen atoms in total. The van der Waals surface area contributed by atoms with Crippen LogP contribution >= 0.6 is 0 Å². The Labute approximate surface area is 283 Å². The van der Waals surface area contributed by atoms with Crippen molar-refractivity contribution in [2.24, 2.45) is 5.92 Å². The van der Waals surface area contributed by atoms with E-state index < -0.39 is 0 Å². The van der Waals surface area contributed by atoms with E-state index >= 15 is 0 Å². The number of aryl methyl sites for hydroxylation is 2. The normalized spacial score (nSPS) is 12.5. The lowest BCUT2D eigenvalue weighted by Gasteiger charge is -2.16. The van der Waals surface area contributed by atoms with Crippen molar-refractivity contribution in [3.63, 3.8) is 0 Å². The molecule has 0 saturated carbocycles. The van der Waals surface area contributed by atoms with Crippen molar-refractivity contribution in [2.75, 3.05) is 0 Å². The number of pyridine rings is 1. The summed E-state index contributed by atoms with van der Waals surface area (Å²) in [5.74, 6) is 3.80. The summed E-state index contributed by atoms with van der Waals surface area (Å²) < 4.78 is 11.1. The fourth-order valence-electron chi connectivity index (χ4n) is 6.81. The highest BCUT2D eigenvalue weighted by Gasteiger charge is 2.19. The molecular weight excluding hydrogens is 589 g/mol. The molecule has 1 unspecified atom stereocenters. The molecule has 0 N–H and O–H groups in total. The Morgan fingerprint density at radius 2 is 1.46 bits per heavy atom. The van der Waals surface area contributed by atoms with E-state index in [0.717, 1.165) is 45.4 Å². The van der Waals surface area contributed by atoms with Crippen molar-refractivity contribution in [2.45, 2.75) is 67.2 Å². The minimum absolute atomic E-state index is 0.317. The third-order valence-electron chi connectivity index (χ3n) is 9.83. The molecule has 7 rings (SSSR count). The molecule has 0 fully saturated rings. The molecule has 0 radical (unpaired) electrons. The number of hydrogen-bond donors (Lipinski definition) is 0. The largest absolute Gasteiger partial charge is 0.457 e. The lowest BCUT2D eigenvalue weighted by Crippen LogP contribution is -2.02. The molecule has 7 aromatic rings. The predicted molar refractivity (Wildman–Crippen MR) is 199 cm³/mol. The van der Waals surface area contributed by atoms with Crippen LogP contribution in [-0.2, 0) is 0 Å². The van der Waals surface area contributed by atoms with Crippen LogP contribution in [0.2, 0.25) is 0 Å². The number of nitrogens with zero attached hydrogens (tertiary/aromatic N) is 4. The first-order valence-corrected chi connectivity index (χ1v) is 17.0. The van der Waals surface area contributed by atoms with Crippen LogP contribution in [0.15, 0.2) is 103 Å². The average Bonchev–Trinajstić information content (AvgIpc) is 3.56. The van der Waals surface area contributed by atoms with E-state index in [2.05, 4.69) is 150 Å². The van der Waals surface area contributed by atoms with E-state index in [1.165, 1.54) is 38.6 Å². The van der Waals surface area contributed by atoms with E-state index in [-0.39, 0.29) is 0 Å². The van der Waals surface area contributed by atoms with Crippen molar-refractivity contribution in [1.29, 1.82) is 0 Å². The Morgan fingerprint density at radius 1 is 0.667 bits per heavy atom. The lowest BCUT2D eigenvalue weighted by molar-refractivity contribution is 0.481. The zero-order valence-corrected chi connectivity index (χ0v) is 29.2. The van der Waals surface area contributed by atoms with Gasteiger partial charge in [-0.2, -0.15) is 5.10 Å². The van der Waals surface area contributed by atoms with Gasteiger partial charge in [-0.05, 0) is 109 Å². The summed E-state index contributed by atoms with van der Waals surface area (Å²) in [6.07, 6.45) is 1.89. The van der Waals surface area contributed by atoms with Gasteiger partial charge in [0.05, 0.1) is 22.4 Å². The Balaban J connectivity index is 1.35. The minimum atomic E-state index is 0.317. The van der Waals surface area contributed by atoms with Crippen LogP contribution in [0, 0.1) is 26.7 Å². The third kappa shape index (κ3) is 5.68. The van der Waals surface area contributed by atoms with Gasteiger partial charge >= 0.3 is 0 Å². The van der Waals surface area contributed by atoms with Crippen LogP contribution in [-0.4, -0.2) is 19.3 Å². The van der Waals surface area contributed by atoms with Crippen LogP contribution < -0.4 is 4.74 Å². The molecule has 242 valence electrons. The zero-order chi connectivity index (χ0) is 33.7. The third-order valence-corrected chi connectivity index (χ3v) is 9.83. The quantitative estimate of drug-likeness (QED) is 0.167. The summed E-state index contributed by atoms with van der Waals surface area (Å²) in [4.78, 5) is 4.81. The summed E-state index contributed by atoms with van der Waals surface area (Å²) >= 11 is 0. The van der Waals surface area contributed by atoms with Gasteiger partial charge in [0.2, 0.25) is 0 Å². The van der Waals surface area contributed by atoms with E-state index in [9.17, 15) is 0 Å². The smallest absolute Gasteiger partial charge is 0.137 e. The second-order valence-electron chi connectivity index (χ2n) is 13.9. The fourth-order valence-corrected chi connectivity index (χ4v) is 6.81. The van der Waals surface area contributed by atoms with Crippen LogP contribution in [0.5, 0.6) is 11.5 Å². The number of benzene rings is 4. The molecule has 0 bridgehead atoms. The molecule has 4 aromatic carbocycles. The van der Waals surface area contributed by atoms with Gasteiger partial charge < -0.3 is 4.74 Å². The van der Waals surface area contributed by atoms with Gasteiger partial charge in [0.15, 0.2) is 0 Å². The van der Waals surface area contributed by atoms with Gasteiger partial charge in [-0.15, -0.1) is 0 Å². The second kappa shape index (κ2) is 12.5.